The minimum atomic E-state index is 0.0739. The maximum atomic E-state index is 7.54. The van der Waals surface area contributed by atoms with Crippen LogP contribution in [-0.4, -0.2) is 29.0 Å². The number of hydrogen-bond acceptors (Lipinski definition) is 5. The highest BCUT2D eigenvalue weighted by atomic mass is 16.5. The highest BCUT2D eigenvalue weighted by molar-refractivity contribution is 5.90. The third-order valence-electron chi connectivity index (χ3n) is 3.50. The van der Waals surface area contributed by atoms with Crippen molar-refractivity contribution < 1.29 is 4.74 Å². The first-order chi connectivity index (χ1) is 9.76. The van der Waals surface area contributed by atoms with Gasteiger partial charge in [0, 0.05) is 18.4 Å². The van der Waals surface area contributed by atoms with Gasteiger partial charge in [0.15, 0.2) is 0 Å². The van der Waals surface area contributed by atoms with Crippen molar-refractivity contribution >= 4 is 11.8 Å². The van der Waals surface area contributed by atoms with E-state index in [1.165, 1.54) is 18.2 Å². The molecule has 5 nitrogen and oxygen atoms in total. The highest BCUT2D eigenvalue weighted by Gasteiger charge is 2.21. The van der Waals surface area contributed by atoms with Gasteiger partial charge in [-0.15, -0.1) is 0 Å². The molecule has 1 aromatic heterocycles. The van der Waals surface area contributed by atoms with Crippen LogP contribution >= 0.6 is 0 Å². The van der Waals surface area contributed by atoms with Crippen molar-refractivity contribution in [2.24, 2.45) is 0 Å². The molecule has 1 aromatic carbocycles. The smallest absolute Gasteiger partial charge is 0.222 e. The molecular formula is C15H16N4O. The fourth-order valence-electron chi connectivity index (χ4n) is 2.48. The molecule has 1 heterocycles. The number of aromatic nitrogens is 2. The number of fused-ring (bicyclic) bond motifs is 1. The number of benzene rings is 1. The zero-order chi connectivity index (χ0) is 13.9. The second-order valence-electron chi connectivity index (χ2n) is 4.85. The van der Waals surface area contributed by atoms with Crippen LogP contribution in [0.15, 0.2) is 36.7 Å². The van der Waals surface area contributed by atoms with Gasteiger partial charge in [-0.1, -0.05) is 24.3 Å². The molecule has 0 unspecified atom stereocenters. The number of rotatable bonds is 3. The van der Waals surface area contributed by atoms with E-state index in [0.717, 1.165) is 12.8 Å². The highest BCUT2D eigenvalue weighted by Crippen LogP contribution is 2.23. The van der Waals surface area contributed by atoms with E-state index in [1.807, 2.05) is 0 Å². The van der Waals surface area contributed by atoms with Crippen LogP contribution in [0.4, 0.5) is 5.95 Å². The van der Waals surface area contributed by atoms with Gasteiger partial charge in [0.1, 0.15) is 0 Å². The molecule has 1 aliphatic carbocycles. The van der Waals surface area contributed by atoms with Gasteiger partial charge in [-0.3, -0.25) is 5.41 Å². The molecule has 0 bridgehead atoms. The Kier molecular flexibility index (Phi) is 3.33. The van der Waals surface area contributed by atoms with Crippen molar-refractivity contribution in [1.82, 2.24) is 9.97 Å². The van der Waals surface area contributed by atoms with Crippen LogP contribution in [0.5, 0.6) is 0 Å². The maximum absolute atomic E-state index is 7.54. The predicted molar refractivity (Wildman–Crippen MR) is 77.1 cm³/mol. The summed E-state index contributed by atoms with van der Waals surface area (Å²) >= 11 is 0. The molecule has 0 atom stereocenters. The van der Waals surface area contributed by atoms with Gasteiger partial charge in [-0.05, 0) is 24.0 Å². The second-order valence-corrected chi connectivity index (χ2v) is 4.85. The summed E-state index contributed by atoms with van der Waals surface area (Å²) in [6, 6.07) is 8.81. The van der Waals surface area contributed by atoms with Crippen molar-refractivity contribution in [3.63, 3.8) is 0 Å². The van der Waals surface area contributed by atoms with Crippen LogP contribution in [0.25, 0.3) is 0 Å². The predicted octanol–water partition coefficient (Wildman–Crippen LogP) is 2.03. The molecule has 5 heteroatoms. The Morgan fingerprint density at radius 3 is 2.35 bits per heavy atom. The lowest BCUT2D eigenvalue weighted by molar-refractivity contribution is 0.401. The average molecular weight is 268 g/mol. The van der Waals surface area contributed by atoms with Crippen LogP contribution in [0, 0.1) is 5.41 Å². The molecular weight excluding hydrogens is 252 g/mol. The van der Waals surface area contributed by atoms with Crippen LogP contribution in [0.3, 0.4) is 0 Å². The van der Waals surface area contributed by atoms with Crippen LogP contribution < -0.4 is 5.32 Å². The van der Waals surface area contributed by atoms with E-state index in [-0.39, 0.29) is 5.90 Å². The van der Waals surface area contributed by atoms with Gasteiger partial charge >= 0.3 is 0 Å². The summed E-state index contributed by atoms with van der Waals surface area (Å²) in [4.78, 5) is 8.46. The normalized spacial score (nSPS) is 13.8. The Hall–Kier alpha value is -2.43. The zero-order valence-corrected chi connectivity index (χ0v) is 11.3. The van der Waals surface area contributed by atoms with E-state index in [2.05, 4.69) is 39.6 Å². The lowest BCUT2D eigenvalue weighted by Crippen LogP contribution is -2.21. The van der Waals surface area contributed by atoms with Gasteiger partial charge < -0.3 is 10.1 Å². The van der Waals surface area contributed by atoms with Gasteiger partial charge in [0.2, 0.25) is 11.8 Å². The molecule has 1 aliphatic rings. The minimum Gasteiger partial charge on any atom is -0.481 e. The molecule has 0 spiro atoms. The Morgan fingerprint density at radius 2 is 1.80 bits per heavy atom. The largest absolute Gasteiger partial charge is 0.481 e. The topological polar surface area (TPSA) is 70.9 Å². The number of nitrogens with zero attached hydrogens (tertiary/aromatic N) is 2. The molecule has 0 aliphatic heterocycles. The Balaban J connectivity index is 1.66. The zero-order valence-electron chi connectivity index (χ0n) is 11.3. The third kappa shape index (κ3) is 2.47. The molecule has 2 N–H and O–H groups in total. The van der Waals surface area contributed by atoms with E-state index in [9.17, 15) is 0 Å². The summed E-state index contributed by atoms with van der Waals surface area (Å²) in [7, 11) is 1.46. The van der Waals surface area contributed by atoms with E-state index in [1.54, 1.807) is 12.4 Å². The lowest BCUT2D eigenvalue weighted by atomic mass is 10.1. The van der Waals surface area contributed by atoms with Gasteiger partial charge in [-0.25, -0.2) is 9.97 Å². The van der Waals surface area contributed by atoms with Crippen LogP contribution in [0.2, 0.25) is 0 Å². The fourth-order valence-corrected chi connectivity index (χ4v) is 2.48. The molecule has 0 saturated carbocycles. The third-order valence-corrected chi connectivity index (χ3v) is 3.50. The van der Waals surface area contributed by atoms with Crippen molar-refractivity contribution in [2.45, 2.75) is 18.9 Å². The van der Waals surface area contributed by atoms with E-state index < -0.39 is 0 Å². The quantitative estimate of drug-likeness (QED) is 0.660. The molecule has 2 aromatic rings. The molecule has 102 valence electrons. The Bertz CT molecular complexity index is 599. The first kappa shape index (κ1) is 12.6. The second kappa shape index (κ2) is 5.28. The number of anilines is 1. The van der Waals surface area contributed by atoms with Crippen molar-refractivity contribution in [3.8, 4) is 0 Å². The van der Waals surface area contributed by atoms with Crippen molar-refractivity contribution in [3.05, 3.63) is 53.3 Å². The molecule has 3 rings (SSSR count). The van der Waals surface area contributed by atoms with Crippen molar-refractivity contribution in [1.29, 1.82) is 5.41 Å². The summed E-state index contributed by atoms with van der Waals surface area (Å²) in [5.74, 6) is 0.667. The molecule has 0 fully saturated rings. The number of nitrogens with one attached hydrogen (secondary N) is 2. The monoisotopic (exact) mass is 268 g/mol. The fraction of sp³-hybridized carbons (Fsp3) is 0.267. The minimum absolute atomic E-state index is 0.0739. The lowest BCUT2D eigenvalue weighted by Gasteiger charge is -2.11. The van der Waals surface area contributed by atoms with Crippen molar-refractivity contribution in [2.75, 3.05) is 12.4 Å². The summed E-state index contributed by atoms with van der Waals surface area (Å²) in [5.41, 5.74) is 3.36. The van der Waals surface area contributed by atoms with Crippen LogP contribution in [-0.2, 0) is 17.6 Å². The molecule has 20 heavy (non-hydrogen) atoms. The van der Waals surface area contributed by atoms with E-state index >= 15 is 0 Å². The Morgan fingerprint density at radius 1 is 1.20 bits per heavy atom. The SMILES string of the molecule is COC(=N)c1cnc(NC2Cc3ccccc3C2)nc1. The number of ether oxygens (including phenoxy) is 1. The van der Waals surface area contributed by atoms with Gasteiger partial charge in [-0.2, -0.15) is 0 Å². The molecule has 0 amide bonds. The standard InChI is InChI=1S/C15H16N4O/c1-20-14(16)12-8-17-15(18-9-12)19-13-6-10-4-2-3-5-11(10)7-13/h2-5,8-9,13,16H,6-7H2,1H3,(H,17,18,19). The van der Waals surface area contributed by atoms with E-state index in [4.69, 9.17) is 10.1 Å². The summed E-state index contributed by atoms with van der Waals surface area (Å²) in [6.07, 6.45) is 5.19. The molecule has 0 saturated heterocycles. The Labute approximate surface area is 117 Å². The van der Waals surface area contributed by atoms with Gasteiger partial charge in [0.25, 0.3) is 0 Å². The maximum Gasteiger partial charge on any atom is 0.222 e. The number of methoxy groups -OCH3 is 1. The average Bonchev–Trinajstić information content (AvgIpc) is 2.89. The molecule has 0 radical (unpaired) electrons. The summed E-state index contributed by atoms with van der Waals surface area (Å²) in [6.45, 7) is 0. The van der Waals surface area contributed by atoms with Crippen LogP contribution in [0.1, 0.15) is 16.7 Å². The summed E-state index contributed by atoms with van der Waals surface area (Å²) in [5, 5.41) is 10.9. The first-order valence-electron chi connectivity index (χ1n) is 6.54. The van der Waals surface area contributed by atoms with Gasteiger partial charge in [0.05, 0.1) is 12.7 Å². The first-order valence-corrected chi connectivity index (χ1v) is 6.54. The number of hydrogen-bond donors (Lipinski definition) is 2. The van der Waals surface area contributed by atoms with E-state index in [0.29, 0.717) is 17.6 Å². The summed E-state index contributed by atoms with van der Waals surface area (Å²) < 4.78 is 4.83.